The van der Waals surface area contributed by atoms with Crippen LogP contribution in [0.25, 0.3) is 0 Å². The molecule has 0 bridgehead atoms. The Morgan fingerprint density at radius 3 is 1.62 bits per heavy atom. The fourth-order valence-corrected chi connectivity index (χ4v) is 3.10. The maximum atomic E-state index is 9.99. The van der Waals surface area contributed by atoms with E-state index in [1.807, 2.05) is 0 Å². The second-order valence-corrected chi connectivity index (χ2v) is 6.20. The summed E-state index contributed by atoms with van der Waals surface area (Å²) in [6, 6.07) is 0. The molecule has 0 radical (unpaired) electrons. The summed E-state index contributed by atoms with van der Waals surface area (Å²) in [4.78, 5) is 0. The van der Waals surface area contributed by atoms with Crippen molar-refractivity contribution in [1.82, 2.24) is 0 Å². The predicted octanol–water partition coefficient (Wildman–Crippen LogP) is -3.94. The van der Waals surface area contributed by atoms with Crippen molar-refractivity contribution in [2.75, 3.05) is 13.7 Å². The van der Waals surface area contributed by atoms with Gasteiger partial charge in [-0.05, 0) is 12.8 Å². The summed E-state index contributed by atoms with van der Waals surface area (Å²) in [6.45, 7) is -0.527. The molecule has 0 aromatic rings. The number of aliphatic hydroxyl groups excluding tert-OH is 7. The van der Waals surface area contributed by atoms with E-state index in [0.717, 1.165) is 0 Å². The van der Waals surface area contributed by atoms with Crippen LogP contribution in [-0.2, 0) is 14.2 Å². The zero-order valence-corrected chi connectivity index (χ0v) is 13.3. The molecule has 0 spiro atoms. The van der Waals surface area contributed by atoms with Gasteiger partial charge in [0.25, 0.3) is 0 Å². The molecule has 2 fully saturated rings. The smallest absolute Gasteiger partial charge is 0.186 e. The molecule has 142 valence electrons. The van der Waals surface area contributed by atoms with E-state index in [9.17, 15) is 30.6 Å². The van der Waals surface area contributed by atoms with Crippen LogP contribution in [0.3, 0.4) is 0 Å². The molecular formula is C14H26O10. The summed E-state index contributed by atoms with van der Waals surface area (Å²) in [5.74, 6) is 0. The molecular weight excluding hydrogens is 328 g/mol. The summed E-state index contributed by atoms with van der Waals surface area (Å²) in [6.07, 6.45) is -12.2. The first-order chi connectivity index (χ1) is 11.3. The molecule has 0 aromatic carbocycles. The van der Waals surface area contributed by atoms with E-state index < -0.39 is 67.8 Å². The van der Waals surface area contributed by atoms with Crippen LogP contribution in [0.15, 0.2) is 0 Å². The second kappa shape index (κ2) is 8.32. The van der Waals surface area contributed by atoms with Gasteiger partial charge in [-0.1, -0.05) is 0 Å². The number of hydrogen-bond donors (Lipinski definition) is 7. The van der Waals surface area contributed by atoms with Gasteiger partial charge in [-0.25, -0.2) is 0 Å². The van der Waals surface area contributed by atoms with Gasteiger partial charge in [0.15, 0.2) is 6.29 Å². The normalized spacial score (nSPS) is 50.0. The average molecular weight is 354 g/mol. The van der Waals surface area contributed by atoms with E-state index >= 15 is 0 Å². The lowest BCUT2D eigenvalue weighted by Gasteiger charge is -2.42. The lowest BCUT2D eigenvalue weighted by atomic mass is 9.90. The van der Waals surface area contributed by atoms with Gasteiger partial charge < -0.3 is 50.0 Å². The molecule has 2 heterocycles. The average Bonchev–Trinajstić information content (AvgIpc) is 2.58. The van der Waals surface area contributed by atoms with Crippen LogP contribution in [-0.4, -0.2) is 111 Å². The first-order valence-electron chi connectivity index (χ1n) is 7.84. The van der Waals surface area contributed by atoms with Crippen LogP contribution in [0.4, 0.5) is 0 Å². The van der Waals surface area contributed by atoms with Gasteiger partial charge in [-0.15, -0.1) is 0 Å². The van der Waals surface area contributed by atoms with Crippen LogP contribution >= 0.6 is 0 Å². The molecule has 10 nitrogen and oxygen atoms in total. The molecule has 2 aliphatic rings. The molecule has 7 N–H and O–H groups in total. The molecule has 0 aromatic heterocycles. The van der Waals surface area contributed by atoms with Gasteiger partial charge in [0.2, 0.25) is 0 Å². The van der Waals surface area contributed by atoms with Crippen molar-refractivity contribution in [2.45, 2.75) is 74.1 Å². The Labute approximate surface area is 138 Å². The van der Waals surface area contributed by atoms with Crippen molar-refractivity contribution in [1.29, 1.82) is 0 Å². The summed E-state index contributed by atoms with van der Waals surface area (Å²) in [5, 5.41) is 68.1. The number of aliphatic hydroxyl groups is 7. The predicted molar refractivity (Wildman–Crippen MR) is 76.7 cm³/mol. The fraction of sp³-hybridized carbons (Fsp3) is 1.00. The van der Waals surface area contributed by atoms with Crippen molar-refractivity contribution < 1.29 is 50.0 Å². The summed E-state index contributed by atoms with van der Waals surface area (Å²) >= 11 is 0. The maximum absolute atomic E-state index is 9.99. The van der Waals surface area contributed by atoms with Gasteiger partial charge in [0.1, 0.15) is 42.7 Å². The maximum Gasteiger partial charge on any atom is 0.186 e. The fourth-order valence-electron chi connectivity index (χ4n) is 3.10. The van der Waals surface area contributed by atoms with Crippen molar-refractivity contribution in [3.63, 3.8) is 0 Å². The summed E-state index contributed by atoms with van der Waals surface area (Å²) in [5.41, 5.74) is 0. The SMILES string of the molecule is CO[C@H]1OC(CC[C@@H]2O[C@H](CO)[C@@H](O)[C@H](O)[C@H]2O)[C@@H](O)[C@H](O)[C@H]1O. The monoisotopic (exact) mass is 354 g/mol. The lowest BCUT2D eigenvalue weighted by molar-refractivity contribution is -0.293. The van der Waals surface area contributed by atoms with Gasteiger partial charge in [0.05, 0.1) is 18.8 Å². The molecule has 1 unspecified atom stereocenters. The minimum Gasteiger partial charge on any atom is -0.394 e. The number of rotatable bonds is 5. The highest BCUT2D eigenvalue weighted by Gasteiger charge is 2.46. The van der Waals surface area contributed by atoms with Crippen LogP contribution in [0.5, 0.6) is 0 Å². The highest BCUT2D eigenvalue weighted by molar-refractivity contribution is 4.94. The van der Waals surface area contributed by atoms with Crippen molar-refractivity contribution in [2.24, 2.45) is 0 Å². The zero-order valence-electron chi connectivity index (χ0n) is 13.3. The highest BCUT2D eigenvalue weighted by atomic mass is 16.7. The first-order valence-corrected chi connectivity index (χ1v) is 7.84. The van der Waals surface area contributed by atoms with Crippen molar-refractivity contribution >= 4 is 0 Å². The Balaban J connectivity index is 1.96. The third kappa shape index (κ3) is 3.88. The van der Waals surface area contributed by atoms with Crippen LogP contribution in [0.1, 0.15) is 12.8 Å². The molecule has 0 saturated carbocycles. The van der Waals surface area contributed by atoms with Gasteiger partial charge in [-0.2, -0.15) is 0 Å². The highest BCUT2D eigenvalue weighted by Crippen LogP contribution is 2.28. The molecule has 10 heteroatoms. The molecule has 2 saturated heterocycles. The Morgan fingerprint density at radius 2 is 1.12 bits per heavy atom. The standard InChI is InChI=1S/C14H26O10/c1-22-14-13(21)12(20)9(17)6(24-14)3-2-5-8(16)11(19)10(18)7(4-15)23-5/h5-21H,2-4H2,1H3/t5-,6?,7+,8-,9+,10+,11+,12-,13+,14-/m0/s1. The Bertz CT molecular complexity index is 356. The third-order valence-electron chi connectivity index (χ3n) is 4.63. The minimum absolute atomic E-state index is 0.114. The lowest BCUT2D eigenvalue weighted by Crippen LogP contribution is -2.60. The number of ether oxygens (including phenoxy) is 3. The van der Waals surface area contributed by atoms with Crippen LogP contribution in [0.2, 0.25) is 0 Å². The summed E-state index contributed by atoms with van der Waals surface area (Å²) < 4.78 is 15.6. The van der Waals surface area contributed by atoms with E-state index in [1.54, 1.807) is 0 Å². The topological polar surface area (TPSA) is 169 Å². The first kappa shape index (κ1) is 19.9. The van der Waals surface area contributed by atoms with Gasteiger partial charge in [0, 0.05) is 7.11 Å². The van der Waals surface area contributed by atoms with Crippen molar-refractivity contribution in [3.8, 4) is 0 Å². The molecule has 10 atom stereocenters. The number of methoxy groups -OCH3 is 1. The number of hydrogen-bond acceptors (Lipinski definition) is 10. The molecule has 0 amide bonds. The largest absolute Gasteiger partial charge is 0.394 e. The van der Waals surface area contributed by atoms with Crippen LogP contribution < -0.4 is 0 Å². The molecule has 0 aliphatic carbocycles. The minimum atomic E-state index is -1.47. The Morgan fingerprint density at radius 1 is 0.667 bits per heavy atom. The van der Waals surface area contributed by atoms with E-state index in [2.05, 4.69) is 0 Å². The van der Waals surface area contributed by atoms with Gasteiger partial charge in [-0.3, -0.25) is 0 Å². The summed E-state index contributed by atoms with van der Waals surface area (Å²) in [7, 11) is 1.28. The molecule has 24 heavy (non-hydrogen) atoms. The van der Waals surface area contributed by atoms with E-state index in [4.69, 9.17) is 19.3 Å². The van der Waals surface area contributed by atoms with Crippen LogP contribution in [0, 0.1) is 0 Å². The molecule has 2 rings (SSSR count). The van der Waals surface area contributed by atoms with Gasteiger partial charge >= 0.3 is 0 Å². The van der Waals surface area contributed by atoms with E-state index in [0.29, 0.717) is 0 Å². The third-order valence-corrected chi connectivity index (χ3v) is 4.63. The Kier molecular flexibility index (Phi) is 6.90. The van der Waals surface area contributed by atoms with E-state index in [1.165, 1.54) is 7.11 Å². The molecule has 2 aliphatic heterocycles. The zero-order chi connectivity index (χ0) is 18.0. The van der Waals surface area contributed by atoms with E-state index in [-0.39, 0.29) is 12.8 Å². The van der Waals surface area contributed by atoms with Crippen molar-refractivity contribution in [3.05, 3.63) is 0 Å². The second-order valence-electron chi connectivity index (χ2n) is 6.20. The Hall–Kier alpha value is -0.400. The quantitative estimate of drug-likeness (QED) is 0.259.